The molecule has 2 aromatic carbocycles. The molecule has 2 aliphatic rings. The Morgan fingerprint density at radius 2 is 1.69 bits per heavy atom. The van der Waals surface area contributed by atoms with Gasteiger partial charge in [0.25, 0.3) is 5.91 Å². The topological polar surface area (TPSA) is 90.7 Å². The monoisotopic (exact) mass is 453 g/mol. The Morgan fingerprint density at radius 1 is 1.03 bits per heavy atom. The Hall–Kier alpha value is -3.05. The van der Waals surface area contributed by atoms with E-state index in [-0.39, 0.29) is 16.9 Å². The van der Waals surface area contributed by atoms with E-state index in [0.29, 0.717) is 43.1 Å². The van der Waals surface area contributed by atoms with Crippen LogP contribution in [0.5, 0.6) is 5.75 Å². The van der Waals surface area contributed by atoms with Crippen LogP contribution in [-0.2, 0) is 9.84 Å². The molecule has 0 bridgehead atoms. The van der Waals surface area contributed by atoms with Crippen molar-refractivity contribution < 1.29 is 17.9 Å². The molecule has 0 N–H and O–H groups in total. The molecule has 1 aliphatic carbocycles. The summed E-state index contributed by atoms with van der Waals surface area (Å²) < 4.78 is 30.3. The van der Waals surface area contributed by atoms with Crippen molar-refractivity contribution in [3.63, 3.8) is 0 Å². The first-order valence-electron chi connectivity index (χ1n) is 10.9. The molecule has 1 saturated carbocycles. The number of carbonyl (C=O) groups excluding carboxylic acids is 1. The SMILES string of the molecule is CS(=O)(=O)c1ccc(OC2CCCC2)c(C(=O)N2CCN(c3ccc(C#N)cc3)CC2)c1. The van der Waals surface area contributed by atoms with Crippen LogP contribution in [0, 0.1) is 11.3 Å². The zero-order chi connectivity index (χ0) is 22.7. The van der Waals surface area contributed by atoms with Crippen LogP contribution < -0.4 is 9.64 Å². The Labute approximate surface area is 189 Å². The summed E-state index contributed by atoms with van der Waals surface area (Å²) >= 11 is 0. The predicted molar refractivity (Wildman–Crippen MR) is 122 cm³/mol. The molecular formula is C24H27N3O4S. The number of benzene rings is 2. The second-order valence-corrected chi connectivity index (χ2v) is 10.4. The van der Waals surface area contributed by atoms with Gasteiger partial charge in [0.1, 0.15) is 5.75 Å². The van der Waals surface area contributed by atoms with Gasteiger partial charge in [0.2, 0.25) is 0 Å². The highest BCUT2D eigenvalue weighted by Crippen LogP contribution is 2.30. The van der Waals surface area contributed by atoms with E-state index in [1.807, 2.05) is 12.1 Å². The number of nitriles is 1. The van der Waals surface area contributed by atoms with E-state index in [9.17, 15) is 13.2 Å². The number of ether oxygens (including phenoxy) is 1. The van der Waals surface area contributed by atoms with Gasteiger partial charge in [0.05, 0.1) is 28.2 Å². The lowest BCUT2D eigenvalue weighted by molar-refractivity contribution is 0.0739. The summed E-state index contributed by atoms with van der Waals surface area (Å²) in [5, 5.41) is 8.97. The van der Waals surface area contributed by atoms with E-state index in [2.05, 4.69) is 11.0 Å². The van der Waals surface area contributed by atoms with Crippen LogP contribution in [0.1, 0.15) is 41.6 Å². The summed E-state index contributed by atoms with van der Waals surface area (Å²) in [6.07, 6.45) is 5.32. The molecular weight excluding hydrogens is 426 g/mol. The number of piperazine rings is 1. The van der Waals surface area contributed by atoms with Gasteiger partial charge in [-0.15, -0.1) is 0 Å². The maximum absolute atomic E-state index is 13.4. The summed E-state index contributed by atoms with van der Waals surface area (Å²) in [6, 6.07) is 14.1. The third-order valence-electron chi connectivity index (χ3n) is 6.13. The molecule has 2 fully saturated rings. The third-order valence-corrected chi connectivity index (χ3v) is 7.24. The first-order valence-corrected chi connectivity index (χ1v) is 12.8. The zero-order valence-electron chi connectivity index (χ0n) is 18.2. The molecule has 32 heavy (non-hydrogen) atoms. The van der Waals surface area contributed by atoms with E-state index in [4.69, 9.17) is 10.00 Å². The standard InChI is InChI=1S/C24H27N3O4S/c1-32(29,30)21-10-11-23(31-20-4-2-3-5-20)22(16-21)24(28)27-14-12-26(13-15-27)19-8-6-18(17-25)7-9-19/h6-11,16,20H,2-5,12-15H2,1H3. The van der Waals surface area contributed by atoms with Gasteiger partial charge in [-0.3, -0.25) is 4.79 Å². The highest BCUT2D eigenvalue weighted by molar-refractivity contribution is 7.90. The van der Waals surface area contributed by atoms with Gasteiger partial charge in [-0.05, 0) is 68.1 Å². The molecule has 0 spiro atoms. The lowest BCUT2D eigenvalue weighted by Gasteiger charge is -2.36. The number of hydrogen-bond donors (Lipinski definition) is 0. The van der Waals surface area contributed by atoms with E-state index >= 15 is 0 Å². The summed E-state index contributed by atoms with van der Waals surface area (Å²) in [7, 11) is -3.44. The van der Waals surface area contributed by atoms with Gasteiger partial charge < -0.3 is 14.5 Å². The molecule has 2 aromatic rings. The summed E-state index contributed by atoms with van der Waals surface area (Å²) in [4.78, 5) is 17.4. The van der Waals surface area contributed by atoms with Crippen LogP contribution in [0.4, 0.5) is 5.69 Å². The Morgan fingerprint density at radius 3 is 2.28 bits per heavy atom. The number of nitrogens with zero attached hydrogens (tertiary/aromatic N) is 3. The van der Waals surface area contributed by atoms with Gasteiger partial charge in [-0.1, -0.05) is 0 Å². The fourth-order valence-electron chi connectivity index (χ4n) is 4.28. The minimum Gasteiger partial charge on any atom is -0.490 e. The minimum atomic E-state index is -3.44. The van der Waals surface area contributed by atoms with Crippen LogP contribution in [-0.4, -0.2) is 57.8 Å². The van der Waals surface area contributed by atoms with Crippen molar-refractivity contribution in [3.05, 3.63) is 53.6 Å². The number of anilines is 1. The van der Waals surface area contributed by atoms with Crippen molar-refractivity contribution in [2.75, 3.05) is 37.3 Å². The molecule has 0 aromatic heterocycles. The first-order chi connectivity index (χ1) is 15.3. The molecule has 0 radical (unpaired) electrons. The van der Waals surface area contributed by atoms with Gasteiger partial charge in [-0.2, -0.15) is 5.26 Å². The van der Waals surface area contributed by atoms with Gasteiger partial charge in [0.15, 0.2) is 9.84 Å². The fourth-order valence-corrected chi connectivity index (χ4v) is 4.93. The lowest BCUT2D eigenvalue weighted by Crippen LogP contribution is -2.48. The molecule has 1 saturated heterocycles. The van der Waals surface area contributed by atoms with Crippen molar-refractivity contribution >= 4 is 21.4 Å². The largest absolute Gasteiger partial charge is 0.490 e. The second kappa shape index (κ2) is 9.21. The summed E-state index contributed by atoms with van der Waals surface area (Å²) in [5.74, 6) is 0.256. The van der Waals surface area contributed by atoms with E-state index in [0.717, 1.165) is 37.6 Å². The van der Waals surface area contributed by atoms with Crippen LogP contribution in [0.2, 0.25) is 0 Å². The van der Waals surface area contributed by atoms with Crippen molar-refractivity contribution in [1.82, 2.24) is 4.90 Å². The number of hydrogen-bond acceptors (Lipinski definition) is 6. The summed E-state index contributed by atoms with van der Waals surface area (Å²) in [5.41, 5.74) is 1.94. The van der Waals surface area contributed by atoms with Crippen molar-refractivity contribution in [1.29, 1.82) is 5.26 Å². The van der Waals surface area contributed by atoms with Crippen LogP contribution in [0.3, 0.4) is 0 Å². The van der Waals surface area contributed by atoms with Crippen molar-refractivity contribution in [3.8, 4) is 11.8 Å². The second-order valence-electron chi connectivity index (χ2n) is 8.39. The molecule has 7 nitrogen and oxygen atoms in total. The maximum atomic E-state index is 13.4. The minimum absolute atomic E-state index is 0.0684. The van der Waals surface area contributed by atoms with Crippen LogP contribution >= 0.6 is 0 Å². The lowest BCUT2D eigenvalue weighted by atomic mass is 10.1. The quantitative estimate of drug-likeness (QED) is 0.690. The molecule has 4 rings (SSSR count). The number of sulfone groups is 1. The normalized spacial score (nSPS) is 17.2. The van der Waals surface area contributed by atoms with Crippen LogP contribution in [0.15, 0.2) is 47.4 Å². The average Bonchev–Trinajstić information content (AvgIpc) is 3.31. The molecule has 1 heterocycles. The Kier molecular flexibility index (Phi) is 6.38. The number of carbonyl (C=O) groups is 1. The number of amides is 1. The number of rotatable bonds is 5. The van der Waals surface area contributed by atoms with E-state index in [1.54, 1.807) is 23.1 Å². The third kappa shape index (κ3) is 4.89. The zero-order valence-corrected chi connectivity index (χ0v) is 19.0. The first kappa shape index (κ1) is 22.2. The van der Waals surface area contributed by atoms with Crippen molar-refractivity contribution in [2.24, 2.45) is 0 Å². The van der Waals surface area contributed by atoms with E-state index < -0.39 is 9.84 Å². The van der Waals surface area contributed by atoms with Crippen LogP contribution in [0.25, 0.3) is 0 Å². The molecule has 1 aliphatic heterocycles. The highest BCUT2D eigenvalue weighted by Gasteiger charge is 2.27. The van der Waals surface area contributed by atoms with Gasteiger partial charge in [-0.25, -0.2) is 8.42 Å². The fraction of sp³-hybridized carbons (Fsp3) is 0.417. The van der Waals surface area contributed by atoms with Gasteiger partial charge >= 0.3 is 0 Å². The molecule has 0 unspecified atom stereocenters. The molecule has 168 valence electrons. The predicted octanol–water partition coefficient (Wildman–Crippen LogP) is 3.25. The average molecular weight is 454 g/mol. The molecule has 8 heteroatoms. The Balaban J connectivity index is 1.51. The highest BCUT2D eigenvalue weighted by atomic mass is 32.2. The maximum Gasteiger partial charge on any atom is 0.257 e. The molecule has 0 atom stereocenters. The smallest absolute Gasteiger partial charge is 0.257 e. The van der Waals surface area contributed by atoms with Crippen molar-refractivity contribution in [2.45, 2.75) is 36.7 Å². The van der Waals surface area contributed by atoms with Gasteiger partial charge in [0, 0.05) is 38.1 Å². The Bertz CT molecular complexity index is 1120. The van der Waals surface area contributed by atoms with E-state index in [1.165, 1.54) is 12.1 Å². The molecule has 1 amide bonds. The summed E-state index contributed by atoms with van der Waals surface area (Å²) in [6.45, 7) is 2.35.